The van der Waals surface area contributed by atoms with E-state index >= 15 is 0 Å². The number of nitrogens with zero attached hydrogens (tertiary/aromatic N) is 4. The van der Waals surface area contributed by atoms with Gasteiger partial charge in [-0.25, -0.2) is 14.8 Å². The van der Waals surface area contributed by atoms with Crippen LogP contribution in [0.2, 0.25) is 0 Å². The molecule has 0 fully saturated rings. The van der Waals surface area contributed by atoms with Crippen molar-refractivity contribution in [2.75, 3.05) is 12.4 Å². The van der Waals surface area contributed by atoms with Crippen molar-refractivity contribution in [3.05, 3.63) is 35.2 Å². The minimum Gasteiger partial charge on any atom is -0.451 e. The van der Waals surface area contributed by atoms with E-state index in [-0.39, 0.29) is 5.69 Å². The maximum absolute atomic E-state index is 11.4. The van der Waals surface area contributed by atoms with Crippen molar-refractivity contribution in [1.82, 2.24) is 19.5 Å². The Morgan fingerprint density at radius 3 is 3.00 bits per heavy atom. The van der Waals surface area contributed by atoms with Gasteiger partial charge in [0.05, 0.1) is 12.2 Å². The van der Waals surface area contributed by atoms with Crippen molar-refractivity contribution in [3.63, 3.8) is 0 Å². The van der Waals surface area contributed by atoms with Gasteiger partial charge in [-0.2, -0.15) is 4.98 Å². The van der Waals surface area contributed by atoms with Gasteiger partial charge in [-0.3, -0.25) is 4.57 Å². The highest BCUT2D eigenvalue weighted by Gasteiger charge is 2.02. The molecule has 7 nitrogen and oxygen atoms in total. The zero-order valence-electron chi connectivity index (χ0n) is 8.04. The van der Waals surface area contributed by atoms with Gasteiger partial charge in [-0.15, -0.1) is 0 Å². The van der Waals surface area contributed by atoms with Crippen LogP contribution in [0.4, 0.5) is 5.95 Å². The first-order valence-electron chi connectivity index (χ1n) is 4.28. The van der Waals surface area contributed by atoms with Gasteiger partial charge in [0.25, 0.3) is 0 Å². The number of nitrogens with one attached hydrogen (secondary N) is 1. The summed E-state index contributed by atoms with van der Waals surface area (Å²) in [6.45, 7) is 0.305. The summed E-state index contributed by atoms with van der Waals surface area (Å²) in [5.41, 5.74) is 0.273. The van der Waals surface area contributed by atoms with E-state index < -0.39 is 0 Å². The molecule has 0 amide bonds. The van der Waals surface area contributed by atoms with Crippen molar-refractivity contribution in [2.45, 2.75) is 6.54 Å². The van der Waals surface area contributed by atoms with Gasteiger partial charge in [-0.1, -0.05) is 0 Å². The van der Waals surface area contributed by atoms with Crippen LogP contribution in [0.1, 0.15) is 5.69 Å². The highest BCUT2D eigenvalue weighted by atomic mass is 16.3. The zero-order valence-corrected chi connectivity index (χ0v) is 8.04. The van der Waals surface area contributed by atoms with E-state index in [1.54, 1.807) is 7.05 Å². The van der Waals surface area contributed by atoms with Crippen LogP contribution in [0.25, 0.3) is 0 Å². The lowest BCUT2D eigenvalue weighted by Crippen LogP contribution is -2.24. The standard InChI is InChI=1S/C8H9N5O2/c1-9-7-10-4-13(8(14)12-7)2-6-3-15-5-11-6/h3-5H,2H2,1H3,(H,9,12,14). The second-order valence-corrected chi connectivity index (χ2v) is 2.82. The predicted molar refractivity (Wildman–Crippen MR) is 51.4 cm³/mol. The maximum atomic E-state index is 11.4. The van der Waals surface area contributed by atoms with Crippen LogP contribution in [0, 0.1) is 0 Å². The van der Waals surface area contributed by atoms with E-state index in [0.717, 1.165) is 0 Å². The van der Waals surface area contributed by atoms with Crippen LogP contribution in [-0.4, -0.2) is 26.6 Å². The SMILES string of the molecule is CNc1ncn(Cc2cocn2)c(=O)n1. The zero-order chi connectivity index (χ0) is 10.7. The average Bonchev–Trinajstić information content (AvgIpc) is 2.74. The number of anilines is 1. The molecule has 2 aromatic heterocycles. The Hall–Kier alpha value is -2.18. The second-order valence-electron chi connectivity index (χ2n) is 2.82. The summed E-state index contributed by atoms with van der Waals surface area (Å²) in [5.74, 6) is 0.302. The molecule has 7 heteroatoms. The molecule has 0 saturated carbocycles. The molecule has 2 heterocycles. The third-order valence-electron chi connectivity index (χ3n) is 1.81. The highest BCUT2D eigenvalue weighted by Crippen LogP contribution is 1.96. The first kappa shape index (κ1) is 9.38. The fourth-order valence-electron chi connectivity index (χ4n) is 1.08. The molecular weight excluding hydrogens is 198 g/mol. The fraction of sp³-hybridized carbons (Fsp3) is 0.250. The minimum atomic E-state index is -0.377. The van der Waals surface area contributed by atoms with Gasteiger partial charge in [-0.05, 0) is 0 Å². The lowest BCUT2D eigenvalue weighted by Gasteiger charge is -2.02. The summed E-state index contributed by atoms with van der Waals surface area (Å²) in [6.07, 6.45) is 4.19. The molecule has 2 aromatic rings. The number of oxazole rings is 1. The molecule has 0 radical (unpaired) electrons. The van der Waals surface area contributed by atoms with E-state index in [9.17, 15) is 4.79 Å². The molecule has 0 saturated heterocycles. The van der Waals surface area contributed by atoms with Gasteiger partial charge in [0.2, 0.25) is 5.95 Å². The lowest BCUT2D eigenvalue weighted by atomic mass is 10.5. The summed E-state index contributed by atoms with van der Waals surface area (Å²) < 4.78 is 6.14. The Bertz CT molecular complexity index is 490. The maximum Gasteiger partial charge on any atom is 0.352 e. The Balaban J connectivity index is 2.26. The summed E-state index contributed by atoms with van der Waals surface area (Å²) in [6, 6.07) is 0. The van der Waals surface area contributed by atoms with Gasteiger partial charge in [0, 0.05) is 7.05 Å². The van der Waals surface area contributed by atoms with Crippen LogP contribution in [0.5, 0.6) is 0 Å². The molecule has 0 spiro atoms. The summed E-state index contributed by atoms with van der Waals surface area (Å²) in [5, 5.41) is 2.68. The molecular formula is C8H9N5O2. The Kier molecular flexibility index (Phi) is 2.44. The number of rotatable bonds is 3. The Morgan fingerprint density at radius 1 is 1.53 bits per heavy atom. The van der Waals surface area contributed by atoms with E-state index in [0.29, 0.717) is 18.2 Å². The minimum absolute atomic E-state index is 0.302. The summed E-state index contributed by atoms with van der Waals surface area (Å²) >= 11 is 0. The second kappa shape index (κ2) is 3.91. The van der Waals surface area contributed by atoms with E-state index in [2.05, 4.69) is 20.3 Å². The van der Waals surface area contributed by atoms with Crippen molar-refractivity contribution >= 4 is 5.95 Å². The van der Waals surface area contributed by atoms with Gasteiger partial charge < -0.3 is 9.73 Å². The van der Waals surface area contributed by atoms with Crippen molar-refractivity contribution in [3.8, 4) is 0 Å². The largest absolute Gasteiger partial charge is 0.451 e. The number of hydrogen-bond acceptors (Lipinski definition) is 6. The molecule has 1 N–H and O–H groups in total. The average molecular weight is 207 g/mol. The molecule has 0 aliphatic heterocycles. The molecule has 0 unspecified atom stereocenters. The molecule has 15 heavy (non-hydrogen) atoms. The van der Waals surface area contributed by atoms with Gasteiger partial charge in [0.15, 0.2) is 6.39 Å². The molecule has 0 atom stereocenters. The predicted octanol–water partition coefficient (Wildman–Crippen LogP) is -0.284. The number of hydrogen-bond donors (Lipinski definition) is 1. The highest BCUT2D eigenvalue weighted by molar-refractivity contribution is 5.18. The van der Waals surface area contributed by atoms with E-state index in [4.69, 9.17) is 4.42 Å². The van der Waals surface area contributed by atoms with Crippen molar-refractivity contribution in [2.24, 2.45) is 0 Å². The van der Waals surface area contributed by atoms with Crippen LogP contribution in [0.15, 0.2) is 28.2 Å². The summed E-state index contributed by atoms with van der Waals surface area (Å²) in [4.78, 5) is 23.0. The fourth-order valence-corrected chi connectivity index (χ4v) is 1.08. The molecule has 0 aromatic carbocycles. The smallest absolute Gasteiger partial charge is 0.352 e. The molecule has 2 rings (SSSR count). The quantitative estimate of drug-likeness (QED) is 0.744. The van der Waals surface area contributed by atoms with Crippen LogP contribution >= 0.6 is 0 Å². The van der Waals surface area contributed by atoms with Gasteiger partial charge in [0.1, 0.15) is 12.6 Å². The normalized spacial score (nSPS) is 10.2. The lowest BCUT2D eigenvalue weighted by molar-refractivity contribution is 0.554. The first-order valence-corrected chi connectivity index (χ1v) is 4.28. The Morgan fingerprint density at radius 2 is 2.40 bits per heavy atom. The van der Waals surface area contributed by atoms with Crippen molar-refractivity contribution in [1.29, 1.82) is 0 Å². The van der Waals surface area contributed by atoms with E-state index in [1.165, 1.54) is 23.6 Å². The monoisotopic (exact) mass is 207 g/mol. The molecule has 0 bridgehead atoms. The topological polar surface area (TPSA) is 85.8 Å². The molecule has 78 valence electrons. The first-order chi connectivity index (χ1) is 7.29. The van der Waals surface area contributed by atoms with Gasteiger partial charge >= 0.3 is 5.69 Å². The van der Waals surface area contributed by atoms with Crippen LogP contribution < -0.4 is 11.0 Å². The Labute approximate surface area is 84.8 Å². The summed E-state index contributed by atoms with van der Waals surface area (Å²) in [7, 11) is 1.65. The molecule has 0 aliphatic carbocycles. The number of aromatic nitrogens is 4. The van der Waals surface area contributed by atoms with Crippen molar-refractivity contribution < 1.29 is 4.42 Å². The van der Waals surface area contributed by atoms with E-state index in [1.807, 2.05) is 0 Å². The third kappa shape index (κ3) is 2.01. The molecule has 0 aliphatic rings. The van der Waals surface area contributed by atoms with Crippen LogP contribution in [-0.2, 0) is 6.54 Å². The third-order valence-corrected chi connectivity index (χ3v) is 1.81. The van der Waals surface area contributed by atoms with Crippen LogP contribution in [0.3, 0.4) is 0 Å².